The highest BCUT2D eigenvalue weighted by molar-refractivity contribution is 5.14. The minimum absolute atomic E-state index is 0.766. The van der Waals surface area contributed by atoms with Gasteiger partial charge in [0.25, 0.3) is 0 Å². The highest BCUT2D eigenvalue weighted by Crippen LogP contribution is 2.08. The van der Waals surface area contributed by atoms with E-state index in [1.807, 2.05) is 0 Å². The van der Waals surface area contributed by atoms with Gasteiger partial charge in [-0.3, -0.25) is 0 Å². The normalized spacial score (nSPS) is 17.8. The van der Waals surface area contributed by atoms with Crippen LogP contribution >= 0.6 is 0 Å². The third-order valence-corrected chi connectivity index (χ3v) is 2.68. The van der Waals surface area contributed by atoms with E-state index in [9.17, 15) is 0 Å². The second kappa shape index (κ2) is 7.89. The molecular formula is C17H24. The van der Waals surface area contributed by atoms with Crippen molar-refractivity contribution in [1.29, 1.82) is 0 Å². The van der Waals surface area contributed by atoms with Crippen LogP contribution in [0.3, 0.4) is 0 Å². The highest BCUT2D eigenvalue weighted by atomic mass is 14.0. The highest BCUT2D eigenvalue weighted by Gasteiger charge is 1.94. The number of hydrogen-bond donors (Lipinski definition) is 0. The minimum atomic E-state index is 0.766. The fourth-order valence-electron chi connectivity index (χ4n) is 1.79. The summed E-state index contributed by atoms with van der Waals surface area (Å²) in [6.45, 7) is 6.71. The van der Waals surface area contributed by atoms with Crippen LogP contribution in [0.15, 0.2) is 54.6 Å². The largest absolute Gasteiger partial charge is 0.0840 e. The van der Waals surface area contributed by atoms with Crippen molar-refractivity contribution in [2.24, 2.45) is 11.8 Å². The quantitative estimate of drug-likeness (QED) is 0.666. The van der Waals surface area contributed by atoms with E-state index in [1.165, 1.54) is 18.4 Å². The number of allylic oxidation sites excluding steroid dienone is 4. The van der Waals surface area contributed by atoms with Crippen molar-refractivity contribution < 1.29 is 0 Å². The van der Waals surface area contributed by atoms with Gasteiger partial charge in [0.1, 0.15) is 0 Å². The summed E-state index contributed by atoms with van der Waals surface area (Å²) in [5.41, 5.74) is 1.44. The van der Waals surface area contributed by atoms with E-state index in [0.717, 1.165) is 11.8 Å². The lowest BCUT2D eigenvalue weighted by Gasteiger charge is -2.02. The summed E-state index contributed by atoms with van der Waals surface area (Å²) in [6.07, 6.45) is 11.0. The van der Waals surface area contributed by atoms with Gasteiger partial charge in [-0.15, -0.1) is 0 Å². The summed E-state index contributed by atoms with van der Waals surface area (Å²) in [4.78, 5) is 0. The minimum Gasteiger partial charge on any atom is -0.0840 e. The van der Waals surface area contributed by atoms with Crippen molar-refractivity contribution in [2.45, 2.75) is 33.6 Å². The maximum absolute atomic E-state index is 2.24. The predicted octanol–water partition coefficient (Wildman–Crippen LogP) is 5.02. The molecule has 1 unspecified atom stereocenters. The Bertz CT molecular complexity index is 344. The summed E-state index contributed by atoms with van der Waals surface area (Å²) in [5.74, 6) is 1.53. The van der Waals surface area contributed by atoms with Gasteiger partial charge in [0, 0.05) is 0 Å². The molecule has 0 amide bonds. The maximum atomic E-state index is 2.24. The molecule has 1 atom stereocenters. The summed E-state index contributed by atoms with van der Waals surface area (Å²) in [5, 5.41) is 0. The van der Waals surface area contributed by atoms with Crippen molar-refractivity contribution in [2.75, 3.05) is 0 Å². The van der Waals surface area contributed by atoms with Crippen molar-refractivity contribution in [3.05, 3.63) is 60.2 Å². The van der Waals surface area contributed by atoms with Gasteiger partial charge in [-0.05, 0) is 30.2 Å². The Hall–Kier alpha value is -1.30. The van der Waals surface area contributed by atoms with Crippen LogP contribution in [0, 0.1) is 11.8 Å². The summed E-state index contributed by atoms with van der Waals surface area (Å²) in [7, 11) is 0. The van der Waals surface area contributed by atoms with E-state index >= 15 is 0 Å². The monoisotopic (exact) mass is 228 g/mol. The van der Waals surface area contributed by atoms with Crippen LogP contribution in [-0.4, -0.2) is 0 Å². The SMILES string of the molecule is CC(C)Cc1ccccc1.CC1C=CC=CC1. The van der Waals surface area contributed by atoms with Crippen LogP contribution in [0.5, 0.6) is 0 Å². The predicted molar refractivity (Wildman–Crippen MR) is 77.0 cm³/mol. The zero-order chi connectivity index (χ0) is 12.5. The van der Waals surface area contributed by atoms with E-state index in [4.69, 9.17) is 0 Å². The standard InChI is InChI=1S/C10H14.C7H10/c1-9(2)8-10-6-4-3-5-7-10;1-7-5-3-2-4-6-7/h3-7,9H,8H2,1-2H3;2-5,7H,6H2,1H3. The van der Waals surface area contributed by atoms with Gasteiger partial charge in [0.2, 0.25) is 0 Å². The fourth-order valence-corrected chi connectivity index (χ4v) is 1.79. The molecule has 0 saturated heterocycles. The molecule has 0 nitrogen and oxygen atoms in total. The Balaban J connectivity index is 0.000000181. The van der Waals surface area contributed by atoms with E-state index < -0.39 is 0 Å². The van der Waals surface area contributed by atoms with Gasteiger partial charge < -0.3 is 0 Å². The van der Waals surface area contributed by atoms with Crippen LogP contribution in [0.1, 0.15) is 32.8 Å². The molecule has 0 fully saturated rings. The first-order valence-electron chi connectivity index (χ1n) is 6.55. The molecule has 92 valence electrons. The Morgan fingerprint density at radius 2 is 1.82 bits per heavy atom. The van der Waals surface area contributed by atoms with E-state index in [0.29, 0.717) is 0 Å². The first-order valence-corrected chi connectivity index (χ1v) is 6.55. The Kier molecular flexibility index (Phi) is 6.39. The number of benzene rings is 1. The molecular weight excluding hydrogens is 204 g/mol. The van der Waals surface area contributed by atoms with Gasteiger partial charge in [0.05, 0.1) is 0 Å². The fraction of sp³-hybridized carbons (Fsp3) is 0.412. The first kappa shape index (κ1) is 13.8. The molecule has 0 spiro atoms. The lowest BCUT2D eigenvalue weighted by atomic mass is 10.0. The maximum Gasteiger partial charge on any atom is -0.0224 e. The van der Waals surface area contributed by atoms with Gasteiger partial charge in [-0.25, -0.2) is 0 Å². The average molecular weight is 228 g/mol. The van der Waals surface area contributed by atoms with Crippen molar-refractivity contribution in [1.82, 2.24) is 0 Å². The van der Waals surface area contributed by atoms with Gasteiger partial charge in [-0.2, -0.15) is 0 Å². The van der Waals surface area contributed by atoms with E-state index in [2.05, 4.69) is 75.4 Å². The smallest absolute Gasteiger partial charge is 0.0224 e. The molecule has 1 aromatic carbocycles. The Labute approximate surface area is 106 Å². The Morgan fingerprint density at radius 3 is 2.24 bits per heavy atom. The van der Waals surface area contributed by atoms with Crippen molar-refractivity contribution in [3.8, 4) is 0 Å². The average Bonchev–Trinajstić information content (AvgIpc) is 2.31. The van der Waals surface area contributed by atoms with Gasteiger partial charge >= 0.3 is 0 Å². The van der Waals surface area contributed by atoms with E-state index in [1.54, 1.807) is 0 Å². The lowest BCUT2D eigenvalue weighted by Crippen LogP contribution is -1.92. The molecule has 0 N–H and O–H groups in total. The van der Waals surface area contributed by atoms with Gasteiger partial charge in [-0.1, -0.05) is 75.4 Å². The van der Waals surface area contributed by atoms with Crippen LogP contribution in [0.2, 0.25) is 0 Å². The zero-order valence-electron chi connectivity index (χ0n) is 11.3. The van der Waals surface area contributed by atoms with Crippen molar-refractivity contribution >= 4 is 0 Å². The van der Waals surface area contributed by atoms with E-state index in [-0.39, 0.29) is 0 Å². The second-order valence-electron chi connectivity index (χ2n) is 5.11. The summed E-state index contributed by atoms with van der Waals surface area (Å²) >= 11 is 0. The van der Waals surface area contributed by atoms with Crippen LogP contribution in [0.4, 0.5) is 0 Å². The third kappa shape index (κ3) is 6.78. The van der Waals surface area contributed by atoms with Crippen molar-refractivity contribution in [3.63, 3.8) is 0 Å². The topological polar surface area (TPSA) is 0 Å². The molecule has 1 aliphatic carbocycles. The first-order chi connectivity index (χ1) is 8.18. The molecule has 2 rings (SSSR count). The summed E-state index contributed by atoms with van der Waals surface area (Å²) in [6, 6.07) is 10.6. The zero-order valence-corrected chi connectivity index (χ0v) is 11.3. The number of rotatable bonds is 2. The van der Waals surface area contributed by atoms with Crippen LogP contribution in [-0.2, 0) is 6.42 Å². The molecule has 0 heteroatoms. The molecule has 0 heterocycles. The molecule has 0 aromatic heterocycles. The third-order valence-electron chi connectivity index (χ3n) is 2.68. The van der Waals surface area contributed by atoms with Gasteiger partial charge in [0.15, 0.2) is 0 Å². The second-order valence-corrected chi connectivity index (χ2v) is 5.11. The molecule has 0 bridgehead atoms. The summed E-state index contributed by atoms with van der Waals surface area (Å²) < 4.78 is 0. The van der Waals surface area contributed by atoms with Crippen LogP contribution < -0.4 is 0 Å². The van der Waals surface area contributed by atoms with Crippen LogP contribution in [0.25, 0.3) is 0 Å². The molecule has 0 radical (unpaired) electrons. The lowest BCUT2D eigenvalue weighted by molar-refractivity contribution is 0.647. The molecule has 0 saturated carbocycles. The number of hydrogen-bond acceptors (Lipinski definition) is 0. The molecule has 1 aliphatic rings. The molecule has 0 aliphatic heterocycles. The Morgan fingerprint density at radius 1 is 1.12 bits per heavy atom. The molecule has 17 heavy (non-hydrogen) atoms. The molecule has 1 aromatic rings.